The Hall–Kier alpha value is -2.74. The van der Waals surface area contributed by atoms with Crippen LogP contribution >= 0.6 is 11.3 Å². The molecule has 0 spiro atoms. The van der Waals surface area contributed by atoms with Gasteiger partial charge < -0.3 is 15.5 Å². The van der Waals surface area contributed by atoms with Crippen molar-refractivity contribution in [2.75, 3.05) is 6.54 Å². The van der Waals surface area contributed by atoms with E-state index >= 15 is 0 Å². The smallest absolute Gasteiger partial charge is 0.246 e. The first-order chi connectivity index (χ1) is 16.4. The molecule has 3 rings (SSSR count). The Bertz CT molecular complexity index is 1090. The quantitative estimate of drug-likeness (QED) is 0.592. The van der Waals surface area contributed by atoms with E-state index < -0.39 is 17.5 Å². The summed E-state index contributed by atoms with van der Waals surface area (Å²) in [6, 6.07) is 5.15. The SMILES string of the molecule is CC(=O)NC(C(=O)N1CCCC1C(=O)NCc1ccc(-c2scnc2C)cc1C(C)C)C(C)(C)C. The molecule has 2 atom stereocenters. The third kappa shape index (κ3) is 6.28. The Morgan fingerprint density at radius 1 is 1.23 bits per heavy atom. The molecule has 190 valence electrons. The van der Waals surface area contributed by atoms with Gasteiger partial charge in [0, 0.05) is 20.0 Å². The summed E-state index contributed by atoms with van der Waals surface area (Å²) in [5.41, 5.74) is 5.82. The van der Waals surface area contributed by atoms with Crippen LogP contribution in [0.2, 0.25) is 0 Å². The van der Waals surface area contributed by atoms with Crippen LogP contribution in [0.5, 0.6) is 0 Å². The predicted molar refractivity (Wildman–Crippen MR) is 140 cm³/mol. The highest BCUT2D eigenvalue weighted by Gasteiger charge is 2.41. The fraction of sp³-hybridized carbons (Fsp3) is 0.556. The summed E-state index contributed by atoms with van der Waals surface area (Å²) in [7, 11) is 0. The maximum atomic E-state index is 13.4. The van der Waals surface area contributed by atoms with Gasteiger partial charge in [0.15, 0.2) is 0 Å². The molecule has 1 aromatic heterocycles. The molecule has 7 nitrogen and oxygen atoms in total. The maximum Gasteiger partial charge on any atom is 0.246 e. The summed E-state index contributed by atoms with van der Waals surface area (Å²) >= 11 is 1.63. The maximum absolute atomic E-state index is 13.4. The zero-order valence-electron chi connectivity index (χ0n) is 21.9. The van der Waals surface area contributed by atoms with Gasteiger partial charge in [0.2, 0.25) is 17.7 Å². The lowest BCUT2D eigenvalue weighted by Crippen LogP contribution is -2.57. The van der Waals surface area contributed by atoms with Crippen molar-refractivity contribution in [2.45, 2.75) is 85.9 Å². The van der Waals surface area contributed by atoms with Gasteiger partial charge in [-0.25, -0.2) is 4.98 Å². The molecule has 1 aliphatic heterocycles. The van der Waals surface area contributed by atoms with Gasteiger partial charge in [0.05, 0.1) is 16.1 Å². The molecule has 0 saturated carbocycles. The van der Waals surface area contributed by atoms with Gasteiger partial charge in [-0.2, -0.15) is 0 Å². The number of aryl methyl sites for hydroxylation is 1. The fourth-order valence-corrected chi connectivity index (χ4v) is 5.44. The summed E-state index contributed by atoms with van der Waals surface area (Å²) in [6.45, 7) is 14.4. The van der Waals surface area contributed by atoms with E-state index in [9.17, 15) is 14.4 Å². The number of likely N-dealkylation sites (tertiary alicyclic amines) is 1. The van der Waals surface area contributed by atoms with Crippen molar-refractivity contribution in [3.8, 4) is 10.4 Å². The topological polar surface area (TPSA) is 91.4 Å². The standard InChI is InChI=1S/C27H38N4O3S/c1-16(2)21-13-19(23-17(3)29-15-35-23)10-11-20(21)14-28-25(33)22-9-8-12-31(22)26(34)24(27(5,6)7)30-18(4)32/h10-11,13,15-16,22,24H,8-9,12,14H2,1-7H3,(H,28,33)(H,30,32). The summed E-state index contributed by atoms with van der Waals surface area (Å²) in [6.07, 6.45) is 1.38. The van der Waals surface area contributed by atoms with Crippen LogP contribution in [0, 0.1) is 12.3 Å². The second kappa shape index (κ2) is 10.9. The summed E-state index contributed by atoms with van der Waals surface area (Å²) in [5.74, 6) is -0.303. The van der Waals surface area contributed by atoms with Crippen LogP contribution < -0.4 is 10.6 Å². The third-order valence-electron chi connectivity index (χ3n) is 6.53. The third-order valence-corrected chi connectivity index (χ3v) is 7.51. The van der Waals surface area contributed by atoms with Gasteiger partial charge in [-0.15, -0.1) is 11.3 Å². The monoisotopic (exact) mass is 498 g/mol. The molecule has 0 aliphatic carbocycles. The normalized spacial score (nSPS) is 16.9. The molecule has 2 unspecified atom stereocenters. The number of benzene rings is 1. The van der Waals surface area contributed by atoms with Crippen LogP contribution in [-0.4, -0.2) is 46.2 Å². The first-order valence-electron chi connectivity index (χ1n) is 12.3. The number of hydrogen-bond donors (Lipinski definition) is 2. The highest BCUT2D eigenvalue weighted by atomic mass is 32.1. The minimum atomic E-state index is -0.677. The molecular weight excluding hydrogens is 460 g/mol. The van der Waals surface area contributed by atoms with E-state index in [1.165, 1.54) is 12.5 Å². The molecular formula is C27H38N4O3S. The number of rotatable bonds is 7. The minimum absolute atomic E-state index is 0.150. The van der Waals surface area contributed by atoms with Crippen molar-refractivity contribution < 1.29 is 14.4 Å². The summed E-state index contributed by atoms with van der Waals surface area (Å²) in [5, 5.41) is 5.86. The Morgan fingerprint density at radius 2 is 1.94 bits per heavy atom. The molecule has 2 heterocycles. The van der Waals surface area contributed by atoms with Crippen LogP contribution in [0.3, 0.4) is 0 Å². The van der Waals surface area contributed by atoms with E-state index in [2.05, 4.69) is 47.7 Å². The lowest BCUT2D eigenvalue weighted by Gasteiger charge is -2.35. The number of nitrogens with one attached hydrogen (secondary N) is 2. The van der Waals surface area contributed by atoms with Crippen molar-refractivity contribution in [2.24, 2.45) is 5.41 Å². The summed E-state index contributed by atoms with van der Waals surface area (Å²) in [4.78, 5) is 45.5. The molecule has 2 aromatic rings. The first-order valence-corrected chi connectivity index (χ1v) is 13.2. The van der Waals surface area contributed by atoms with Crippen LogP contribution in [0.25, 0.3) is 10.4 Å². The van der Waals surface area contributed by atoms with Crippen molar-refractivity contribution in [3.63, 3.8) is 0 Å². The highest BCUT2D eigenvalue weighted by molar-refractivity contribution is 7.13. The van der Waals surface area contributed by atoms with Crippen LogP contribution in [0.15, 0.2) is 23.7 Å². The number of aromatic nitrogens is 1. The number of carbonyl (C=O) groups is 3. The Morgan fingerprint density at radius 3 is 2.51 bits per heavy atom. The van der Waals surface area contributed by atoms with E-state index in [1.807, 2.05) is 33.2 Å². The van der Waals surface area contributed by atoms with Crippen LogP contribution in [-0.2, 0) is 20.9 Å². The van der Waals surface area contributed by atoms with E-state index in [1.54, 1.807) is 16.2 Å². The molecule has 1 fully saturated rings. The number of amides is 3. The molecule has 1 aliphatic rings. The highest BCUT2D eigenvalue weighted by Crippen LogP contribution is 2.32. The van der Waals surface area contributed by atoms with Gasteiger partial charge in [-0.1, -0.05) is 46.8 Å². The minimum Gasteiger partial charge on any atom is -0.350 e. The van der Waals surface area contributed by atoms with Gasteiger partial charge in [0.25, 0.3) is 0 Å². The largest absolute Gasteiger partial charge is 0.350 e. The van der Waals surface area contributed by atoms with Crippen LogP contribution in [0.4, 0.5) is 0 Å². The molecule has 8 heteroatoms. The zero-order valence-corrected chi connectivity index (χ0v) is 22.7. The fourth-order valence-electron chi connectivity index (χ4n) is 4.63. The van der Waals surface area contributed by atoms with E-state index in [0.29, 0.717) is 25.4 Å². The van der Waals surface area contributed by atoms with E-state index in [-0.39, 0.29) is 17.7 Å². The predicted octanol–water partition coefficient (Wildman–Crippen LogP) is 4.40. The zero-order chi connectivity index (χ0) is 25.9. The molecule has 1 saturated heterocycles. The van der Waals surface area contributed by atoms with Gasteiger partial charge in [0.1, 0.15) is 12.1 Å². The number of carbonyl (C=O) groups excluding carboxylic acids is 3. The number of hydrogen-bond acceptors (Lipinski definition) is 5. The van der Waals surface area contributed by atoms with Gasteiger partial charge in [-0.3, -0.25) is 14.4 Å². The Labute approximate surface area is 212 Å². The summed E-state index contributed by atoms with van der Waals surface area (Å²) < 4.78 is 0. The van der Waals surface area contributed by atoms with Gasteiger partial charge >= 0.3 is 0 Å². The lowest BCUT2D eigenvalue weighted by atomic mass is 9.85. The average molecular weight is 499 g/mol. The molecule has 1 aromatic carbocycles. The molecule has 3 amide bonds. The lowest BCUT2D eigenvalue weighted by molar-refractivity contribution is -0.143. The van der Waals surface area contributed by atoms with Gasteiger partial charge in [-0.05, 0) is 53.9 Å². The molecule has 35 heavy (non-hydrogen) atoms. The van der Waals surface area contributed by atoms with Crippen LogP contribution in [0.1, 0.15) is 77.1 Å². The Kier molecular flexibility index (Phi) is 8.36. The number of thiazole rings is 1. The van der Waals surface area contributed by atoms with Crippen molar-refractivity contribution in [1.82, 2.24) is 20.5 Å². The molecule has 0 bridgehead atoms. The average Bonchev–Trinajstić information content (AvgIpc) is 3.43. The van der Waals surface area contributed by atoms with Crippen molar-refractivity contribution in [3.05, 3.63) is 40.5 Å². The number of nitrogens with zero attached hydrogens (tertiary/aromatic N) is 2. The second-order valence-corrected chi connectivity index (χ2v) is 11.6. The second-order valence-electron chi connectivity index (χ2n) is 10.7. The van der Waals surface area contributed by atoms with E-state index in [4.69, 9.17) is 0 Å². The van der Waals surface area contributed by atoms with Crippen molar-refractivity contribution >= 4 is 29.1 Å². The molecule has 2 N–H and O–H groups in total. The molecule has 0 radical (unpaired) electrons. The first kappa shape index (κ1) is 26.9. The van der Waals surface area contributed by atoms with Crippen molar-refractivity contribution in [1.29, 1.82) is 0 Å². The van der Waals surface area contributed by atoms with E-state index in [0.717, 1.165) is 28.1 Å². The Balaban J connectivity index is 1.74.